The van der Waals surface area contributed by atoms with E-state index < -0.39 is 23.7 Å². The normalized spacial score (nSPS) is 12.1. The highest BCUT2D eigenvalue weighted by atomic mass is 19.1. The topological polar surface area (TPSA) is 91.4 Å². The van der Waals surface area contributed by atoms with Gasteiger partial charge in [-0.15, -0.1) is 0 Å². The number of aromatic amines is 1. The van der Waals surface area contributed by atoms with Crippen molar-refractivity contribution in [2.75, 3.05) is 7.11 Å². The Kier molecular flexibility index (Phi) is 5.20. The van der Waals surface area contributed by atoms with E-state index in [0.717, 1.165) is 6.42 Å². The van der Waals surface area contributed by atoms with Gasteiger partial charge in [0.15, 0.2) is 0 Å². The van der Waals surface area contributed by atoms with Gasteiger partial charge in [-0.05, 0) is 24.6 Å². The quantitative estimate of drug-likeness (QED) is 0.731. The molecule has 2 rings (SSSR count). The number of fused-ring (bicyclic) bond motifs is 1. The van der Waals surface area contributed by atoms with Crippen molar-refractivity contribution in [2.24, 2.45) is 0 Å². The first-order valence-electron chi connectivity index (χ1n) is 7.36. The van der Waals surface area contributed by atoms with E-state index in [4.69, 9.17) is 9.84 Å². The molecule has 1 amide bonds. The maximum absolute atomic E-state index is 13.8. The Morgan fingerprint density at radius 2 is 2.17 bits per heavy atom. The first kappa shape index (κ1) is 16.8. The van der Waals surface area contributed by atoms with Crippen LogP contribution in [0.2, 0.25) is 0 Å². The summed E-state index contributed by atoms with van der Waals surface area (Å²) in [5.41, 5.74) is 0.237. The van der Waals surface area contributed by atoms with Gasteiger partial charge < -0.3 is 20.1 Å². The second kappa shape index (κ2) is 7.13. The number of carbonyl (C=O) groups excluding carboxylic acids is 1. The lowest BCUT2D eigenvalue weighted by atomic mass is 10.1. The smallest absolute Gasteiger partial charge is 0.326 e. The highest BCUT2D eigenvalue weighted by Gasteiger charge is 2.22. The van der Waals surface area contributed by atoms with Crippen molar-refractivity contribution in [3.05, 3.63) is 29.7 Å². The van der Waals surface area contributed by atoms with E-state index in [1.807, 2.05) is 6.92 Å². The molecule has 1 heterocycles. The summed E-state index contributed by atoms with van der Waals surface area (Å²) in [4.78, 5) is 26.1. The van der Waals surface area contributed by atoms with Crippen molar-refractivity contribution in [3.63, 3.8) is 0 Å². The minimum atomic E-state index is -1.09. The largest absolute Gasteiger partial charge is 0.496 e. The number of methoxy groups -OCH3 is 1. The van der Waals surface area contributed by atoms with Crippen molar-refractivity contribution in [3.8, 4) is 5.75 Å². The van der Waals surface area contributed by atoms with E-state index in [-0.39, 0.29) is 11.2 Å². The number of hydrogen-bond acceptors (Lipinski definition) is 3. The van der Waals surface area contributed by atoms with Crippen LogP contribution in [0.15, 0.2) is 18.2 Å². The van der Waals surface area contributed by atoms with E-state index in [9.17, 15) is 14.0 Å². The zero-order chi connectivity index (χ0) is 17.0. The van der Waals surface area contributed by atoms with Gasteiger partial charge in [0, 0.05) is 5.39 Å². The number of rotatable bonds is 7. The number of benzene rings is 1. The number of ether oxygens (including phenoxy) is 1. The van der Waals surface area contributed by atoms with E-state index >= 15 is 0 Å². The molecule has 0 spiro atoms. The number of unbranched alkanes of at least 4 members (excludes halogenated alkanes) is 1. The molecule has 0 aliphatic rings. The summed E-state index contributed by atoms with van der Waals surface area (Å²) in [5.74, 6) is -1.77. The van der Waals surface area contributed by atoms with Gasteiger partial charge in [-0.1, -0.05) is 19.8 Å². The minimum absolute atomic E-state index is 0.0890. The number of carboxylic acid groups (broad SMARTS) is 1. The molecule has 2 aromatic rings. The molecule has 1 atom stereocenters. The Morgan fingerprint density at radius 3 is 2.78 bits per heavy atom. The SMILES string of the molecule is CCCCC(NC(=O)c1cc2c(OC)ccc(F)c2[nH]1)C(=O)O. The summed E-state index contributed by atoms with van der Waals surface area (Å²) in [6, 6.07) is 3.18. The van der Waals surface area contributed by atoms with Gasteiger partial charge in [0.1, 0.15) is 23.3 Å². The Bertz CT molecular complexity index is 726. The fourth-order valence-electron chi connectivity index (χ4n) is 2.36. The van der Waals surface area contributed by atoms with Crippen molar-refractivity contribution < 1.29 is 23.8 Å². The molecule has 0 radical (unpaired) electrons. The average Bonchev–Trinajstić information content (AvgIpc) is 2.97. The summed E-state index contributed by atoms with van der Waals surface area (Å²) in [6.07, 6.45) is 1.86. The van der Waals surface area contributed by atoms with Crippen molar-refractivity contribution in [1.29, 1.82) is 0 Å². The van der Waals surface area contributed by atoms with Crippen LogP contribution in [0.1, 0.15) is 36.7 Å². The summed E-state index contributed by atoms with van der Waals surface area (Å²) in [5, 5.41) is 12.0. The van der Waals surface area contributed by atoms with Crippen LogP contribution in [0.5, 0.6) is 5.75 Å². The maximum atomic E-state index is 13.8. The number of amides is 1. The van der Waals surface area contributed by atoms with Crippen LogP contribution >= 0.6 is 0 Å². The molecule has 1 aromatic heterocycles. The predicted octanol–water partition coefficient (Wildman–Crippen LogP) is 2.69. The summed E-state index contributed by atoms with van der Waals surface area (Å²) in [6.45, 7) is 1.94. The zero-order valence-corrected chi connectivity index (χ0v) is 13.0. The number of nitrogens with one attached hydrogen (secondary N) is 2. The molecule has 0 aliphatic heterocycles. The van der Waals surface area contributed by atoms with Crippen LogP contribution in [-0.4, -0.2) is 35.1 Å². The molecule has 0 saturated carbocycles. The van der Waals surface area contributed by atoms with E-state index in [1.165, 1.54) is 25.3 Å². The molecule has 0 saturated heterocycles. The van der Waals surface area contributed by atoms with E-state index in [2.05, 4.69) is 10.3 Å². The third-order valence-corrected chi connectivity index (χ3v) is 3.62. The lowest BCUT2D eigenvalue weighted by Crippen LogP contribution is -2.40. The number of aliphatic carboxylic acids is 1. The molecule has 3 N–H and O–H groups in total. The number of halogens is 1. The number of aromatic nitrogens is 1. The maximum Gasteiger partial charge on any atom is 0.326 e. The molecule has 0 aliphatic carbocycles. The molecular weight excluding hydrogens is 303 g/mol. The van der Waals surface area contributed by atoms with Crippen molar-refractivity contribution in [2.45, 2.75) is 32.2 Å². The summed E-state index contributed by atoms with van der Waals surface area (Å²) >= 11 is 0. The van der Waals surface area contributed by atoms with E-state index in [0.29, 0.717) is 24.0 Å². The van der Waals surface area contributed by atoms with Crippen molar-refractivity contribution in [1.82, 2.24) is 10.3 Å². The van der Waals surface area contributed by atoms with Crippen LogP contribution in [0.25, 0.3) is 10.9 Å². The Hall–Kier alpha value is -2.57. The fraction of sp³-hybridized carbons (Fsp3) is 0.375. The second-order valence-corrected chi connectivity index (χ2v) is 5.23. The number of carbonyl (C=O) groups is 2. The first-order valence-corrected chi connectivity index (χ1v) is 7.36. The average molecular weight is 322 g/mol. The summed E-state index contributed by atoms with van der Waals surface area (Å²) in [7, 11) is 1.45. The first-order chi connectivity index (χ1) is 11.0. The van der Waals surface area contributed by atoms with Gasteiger partial charge in [-0.25, -0.2) is 9.18 Å². The molecule has 23 heavy (non-hydrogen) atoms. The number of H-pyrrole nitrogens is 1. The lowest BCUT2D eigenvalue weighted by molar-refractivity contribution is -0.139. The van der Waals surface area contributed by atoms with Gasteiger partial charge in [-0.2, -0.15) is 0 Å². The van der Waals surface area contributed by atoms with Crippen LogP contribution < -0.4 is 10.1 Å². The van der Waals surface area contributed by atoms with Gasteiger partial charge in [0.25, 0.3) is 5.91 Å². The van der Waals surface area contributed by atoms with Crippen LogP contribution in [-0.2, 0) is 4.79 Å². The monoisotopic (exact) mass is 322 g/mol. The van der Waals surface area contributed by atoms with Gasteiger partial charge in [-0.3, -0.25) is 4.79 Å². The predicted molar refractivity (Wildman–Crippen MR) is 83.2 cm³/mol. The number of hydrogen-bond donors (Lipinski definition) is 3. The van der Waals surface area contributed by atoms with Gasteiger partial charge in [0.2, 0.25) is 0 Å². The highest BCUT2D eigenvalue weighted by molar-refractivity contribution is 6.01. The summed E-state index contributed by atoms with van der Waals surface area (Å²) < 4.78 is 19.0. The number of carboxylic acids is 1. The van der Waals surface area contributed by atoms with Gasteiger partial charge in [0.05, 0.1) is 12.6 Å². The molecule has 1 aromatic carbocycles. The highest BCUT2D eigenvalue weighted by Crippen LogP contribution is 2.28. The fourth-order valence-corrected chi connectivity index (χ4v) is 2.36. The Labute approximate surface area is 132 Å². The third kappa shape index (κ3) is 3.61. The molecular formula is C16H19FN2O4. The zero-order valence-electron chi connectivity index (χ0n) is 13.0. The minimum Gasteiger partial charge on any atom is -0.496 e. The molecule has 7 heteroatoms. The molecule has 0 bridgehead atoms. The van der Waals surface area contributed by atoms with Crippen LogP contribution in [0.3, 0.4) is 0 Å². The Balaban J connectivity index is 2.27. The molecule has 1 unspecified atom stereocenters. The van der Waals surface area contributed by atoms with E-state index in [1.54, 1.807) is 0 Å². The Morgan fingerprint density at radius 1 is 1.43 bits per heavy atom. The molecule has 6 nitrogen and oxygen atoms in total. The second-order valence-electron chi connectivity index (χ2n) is 5.23. The van der Waals surface area contributed by atoms with Crippen LogP contribution in [0, 0.1) is 5.82 Å². The standard InChI is InChI=1S/C16H19FN2O4/c1-3-4-5-11(16(21)22)19-15(20)12-8-9-13(23-2)7-6-10(17)14(9)18-12/h6-8,11,18H,3-5H2,1-2H3,(H,19,20)(H,21,22). The third-order valence-electron chi connectivity index (χ3n) is 3.62. The molecule has 0 fully saturated rings. The van der Waals surface area contributed by atoms with Gasteiger partial charge >= 0.3 is 5.97 Å². The molecule has 124 valence electrons. The van der Waals surface area contributed by atoms with Crippen molar-refractivity contribution >= 4 is 22.8 Å². The van der Waals surface area contributed by atoms with Crippen LogP contribution in [0.4, 0.5) is 4.39 Å². The lowest BCUT2D eigenvalue weighted by Gasteiger charge is -2.13.